The Labute approximate surface area is 227 Å². The molecule has 7 rings (SSSR count). The Kier molecular flexibility index (Phi) is 6.74. The summed E-state index contributed by atoms with van der Waals surface area (Å²) in [6.45, 7) is 5.78. The van der Waals surface area contributed by atoms with Crippen LogP contribution in [0.4, 0.5) is 0 Å². The number of piperazine rings is 1. The third kappa shape index (κ3) is 5.35. The highest BCUT2D eigenvalue weighted by molar-refractivity contribution is 5.79. The van der Waals surface area contributed by atoms with Gasteiger partial charge >= 0.3 is 0 Å². The zero-order valence-corrected chi connectivity index (χ0v) is 21.8. The van der Waals surface area contributed by atoms with Gasteiger partial charge in [-0.1, -0.05) is 36.4 Å². The van der Waals surface area contributed by atoms with Gasteiger partial charge in [-0.15, -0.1) is 0 Å². The van der Waals surface area contributed by atoms with Gasteiger partial charge in [-0.25, -0.2) is 4.98 Å². The molecule has 4 aromatic rings. The molecular weight excluding hydrogens is 490 g/mol. The summed E-state index contributed by atoms with van der Waals surface area (Å²) in [5, 5.41) is 9.76. The van der Waals surface area contributed by atoms with Gasteiger partial charge in [0.25, 0.3) is 0 Å². The van der Waals surface area contributed by atoms with Crippen LogP contribution in [0.25, 0.3) is 0 Å². The van der Waals surface area contributed by atoms with Gasteiger partial charge in [0.15, 0.2) is 0 Å². The van der Waals surface area contributed by atoms with Crippen LogP contribution in [0, 0.1) is 18.3 Å². The van der Waals surface area contributed by atoms with E-state index in [-0.39, 0.29) is 5.91 Å². The molecule has 4 heterocycles. The zero-order valence-electron chi connectivity index (χ0n) is 21.8. The number of rotatable bonds is 3. The number of amides is 1. The number of imidazole rings is 1. The minimum absolute atomic E-state index is 0.0773. The first-order valence-electron chi connectivity index (χ1n) is 13.1. The van der Waals surface area contributed by atoms with Crippen LogP contribution in [0.15, 0.2) is 72.9 Å². The number of carbonyl (C=O) groups is 1. The van der Waals surface area contributed by atoms with Crippen LogP contribution in [0.5, 0.6) is 17.2 Å². The number of carbonyl (C=O) groups excluding carboxylic acids is 1. The van der Waals surface area contributed by atoms with Gasteiger partial charge in [-0.2, -0.15) is 5.26 Å². The maximum absolute atomic E-state index is 13.2. The summed E-state index contributed by atoms with van der Waals surface area (Å²) >= 11 is 0. The van der Waals surface area contributed by atoms with Crippen molar-refractivity contribution in [1.29, 1.82) is 5.26 Å². The Hall–Kier alpha value is -4.61. The van der Waals surface area contributed by atoms with Gasteiger partial charge in [0.2, 0.25) is 5.91 Å². The Morgan fingerprint density at radius 3 is 2.69 bits per heavy atom. The average Bonchev–Trinajstić information content (AvgIpc) is 3.28. The number of aryl methyl sites for hydroxylation is 1. The maximum Gasteiger partial charge on any atom is 0.237 e. The van der Waals surface area contributed by atoms with Gasteiger partial charge in [0.1, 0.15) is 35.7 Å². The van der Waals surface area contributed by atoms with E-state index in [1.165, 1.54) is 0 Å². The van der Waals surface area contributed by atoms with Crippen LogP contribution in [-0.2, 0) is 31.0 Å². The Morgan fingerprint density at radius 1 is 1.00 bits per heavy atom. The van der Waals surface area contributed by atoms with Crippen molar-refractivity contribution < 1.29 is 14.3 Å². The first-order valence-corrected chi connectivity index (χ1v) is 13.1. The third-order valence-electron chi connectivity index (χ3n) is 7.29. The van der Waals surface area contributed by atoms with Crippen LogP contribution in [0.2, 0.25) is 0 Å². The fourth-order valence-electron chi connectivity index (χ4n) is 5.12. The monoisotopic (exact) mass is 519 g/mol. The molecule has 8 nitrogen and oxygen atoms in total. The maximum atomic E-state index is 13.2. The lowest BCUT2D eigenvalue weighted by molar-refractivity contribution is -0.136. The molecule has 0 aliphatic carbocycles. The fourth-order valence-corrected chi connectivity index (χ4v) is 5.12. The second-order valence-electron chi connectivity index (χ2n) is 10.00. The fraction of sp³-hybridized carbons (Fsp3) is 0.258. The summed E-state index contributed by atoms with van der Waals surface area (Å²) in [6.07, 6.45) is 1.89. The van der Waals surface area contributed by atoms with Crippen LogP contribution < -0.4 is 9.47 Å². The number of benzene rings is 3. The lowest BCUT2D eigenvalue weighted by Gasteiger charge is -2.34. The molecule has 3 aliphatic rings. The molecule has 1 amide bonds. The highest BCUT2D eigenvalue weighted by atomic mass is 16.5. The Bertz CT molecular complexity index is 1560. The van der Waals surface area contributed by atoms with Crippen molar-refractivity contribution >= 4 is 5.91 Å². The quantitative estimate of drug-likeness (QED) is 0.392. The normalized spacial score (nSPS) is 16.8. The van der Waals surface area contributed by atoms with E-state index in [2.05, 4.69) is 20.5 Å². The molecule has 1 fully saturated rings. The lowest BCUT2D eigenvalue weighted by Crippen LogP contribution is -2.49. The molecule has 0 spiro atoms. The van der Waals surface area contributed by atoms with E-state index < -0.39 is 0 Å². The first-order chi connectivity index (χ1) is 19.1. The smallest absolute Gasteiger partial charge is 0.237 e. The molecular formula is C31H29N5O3. The Morgan fingerprint density at radius 2 is 1.87 bits per heavy atom. The molecule has 6 bridgehead atoms. The molecule has 1 saturated heterocycles. The largest absolute Gasteiger partial charge is 0.489 e. The topological polar surface area (TPSA) is 83.6 Å². The summed E-state index contributed by atoms with van der Waals surface area (Å²) < 4.78 is 14.7. The van der Waals surface area contributed by atoms with Gasteiger partial charge in [0, 0.05) is 44.5 Å². The van der Waals surface area contributed by atoms with E-state index in [0.29, 0.717) is 62.1 Å². The minimum Gasteiger partial charge on any atom is -0.489 e. The molecule has 196 valence electrons. The van der Waals surface area contributed by atoms with Crippen molar-refractivity contribution in [2.45, 2.75) is 33.2 Å². The molecule has 8 heteroatoms. The lowest BCUT2D eigenvalue weighted by atomic mass is 10.1. The summed E-state index contributed by atoms with van der Waals surface area (Å²) in [5.41, 5.74) is 4.43. The first kappa shape index (κ1) is 24.7. The summed E-state index contributed by atoms with van der Waals surface area (Å²) in [6, 6.07) is 23.5. The number of hydrogen-bond acceptors (Lipinski definition) is 6. The van der Waals surface area contributed by atoms with Crippen molar-refractivity contribution in [3.63, 3.8) is 0 Å². The number of ether oxygens (including phenoxy) is 2. The molecule has 3 aromatic carbocycles. The van der Waals surface area contributed by atoms with Gasteiger partial charge in [0.05, 0.1) is 17.8 Å². The van der Waals surface area contributed by atoms with E-state index in [1.54, 1.807) is 6.07 Å². The molecule has 1 atom stereocenters. The number of nitrogens with zero attached hydrogens (tertiary/aromatic N) is 5. The number of hydrogen-bond donors (Lipinski definition) is 0. The Balaban J connectivity index is 1.38. The number of aromatic nitrogens is 2. The van der Waals surface area contributed by atoms with Crippen molar-refractivity contribution in [2.75, 3.05) is 19.6 Å². The third-order valence-corrected chi connectivity index (χ3v) is 7.29. The van der Waals surface area contributed by atoms with Crippen LogP contribution in [-0.4, -0.2) is 44.9 Å². The molecule has 0 saturated carbocycles. The van der Waals surface area contributed by atoms with Crippen LogP contribution in [0.3, 0.4) is 0 Å². The van der Waals surface area contributed by atoms with E-state index in [4.69, 9.17) is 9.47 Å². The summed E-state index contributed by atoms with van der Waals surface area (Å²) in [4.78, 5) is 21.8. The molecule has 3 aliphatic heterocycles. The number of fused-ring (bicyclic) bond motifs is 2. The zero-order chi connectivity index (χ0) is 26.8. The number of nitriles is 1. The molecule has 39 heavy (non-hydrogen) atoms. The van der Waals surface area contributed by atoms with Crippen LogP contribution >= 0.6 is 0 Å². The highest BCUT2D eigenvalue weighted by Gasteiger charge is 2.26. The van der Waals surface area contributed by atoms with Crippen molar-refractivity contribution in [2.24, 2.45) is 0 Å². The summed E-state index contributed by atoms with van der Waals surface area (Å²) in [7, 11) is 0. The van der Waals surface area contributed by atoms with E-state index in [0.717, 1.165) is 34.8 Å². The predicted molar refractivity (Wildman–Crippen MR) is 145 cm³/mol. The second-order valence-corrected chi connectivity index (χ2v) is 10.00. The molecule has 1 unspecified atom stereocenters. The van der Waals surface area contributed by atoms with E-state index in [1.807, 2.05) is 78.7 Å². The molecule has 0 radical (unpaired) electrons. The van der Waals surface area contributed by atoms with Gasteiger partial charge < -0.3 is 18.9 Å². The second kappa shape index (κ2) is 10.6. The van der Waals surface area contributed by atoms with Gasteiger partial charge in [-0.3, -0.25) is 9.69 Å². The van der Waals surface area contributed by atoms with Crippen molar-refractivity contribution in [1.82, 2.24) is 19.4 Å². The average molecular weight is 520 g/mol. The van der Waals surface area contributed by atoms with E-state index in [9.17, 15) is 10.1 Å². The predicted octanol–water partition coefficient (Wildman–Crippen LogP) is 4.64. The summed E-state index contributed by atoms with van der Waals surface area (Å²) in [5.74, 6) is 2.76. The standard InChI is InChI=1S/C31H29N5O3/c1-22-33-16-27-19-34-11-12-35(31(37)20-34)18-26-14-28(9-10-29(26)38-21-23-5-3-2-4-6-23)39-30-13-24(17-36(22)27)7-8-25(30)15-32/h2-10,13-14,16H,11-12,17-21H2,1H3. The van der Waals surface area contributed by atoms with Crippen LogP contribution in [0.1, 0.15) is 33.8 Å². The van der Waals surface area contributed by atoms with Crippen molar-refractivity contribution in [3.05, 3.63) is 107 Å². The van der Waals surface area contributed by atoms with E-state index >= 15 is 0 Å². The SMILES string of the molecule is Cc1ncc2n1Cc1ccc(C#N)c(c1)Oc1ccc(OCc3ccccc3)c(c1)CN1CCN(CC1=O)C2. The molecule has 1 aromatic heterocycles. The highest BCUT2D eigenvalue weighted by Crippen LogP contribution is 2.32. The van der Waals surface area contributed by atoms with Gasteiger partial charge in [-0.05, 0) is 48.4 Å². The minimum atomic E-state index is 0.0773. The molecule has 0 N–H and O–H groups in total. The van der Waals surface area contributed by atoms with Crippen molar-refractivity contribution in [3.8, 4) is 23.3 Å².